The number of carbonyl (C=O) groups is 3. The van der Waals surface area contributed by atoms with Crippen molar-refractivity contribution in [2.75, 3.05) is 32.7 Å². The highest BCUT2D eigenvalue weighted by Gasteiger charge is 2.30. The highest BCUT2D eigenvalue weighted by molar-refractivity contribution is 5.81. The van der Waals surface area contributed by atoms with Gasteiger partial charge in [0.1, 0.15) is 5.82 Å². The molecule has 3 N–H and O–H groups in total. The van der Waals surface area contributed by atoms with Crippen molar-refractivity contribution in [1.82, 2.24) is 15.1 Å². The Balaban J connectivity index is 1.39. The summed E-state index contributed by atoms with van der Waals surface area (Å²) in [4.78, 5) is 40.1. The predicted octanol–water partition coefficient (Wildman–Crippen LogP) is 0.878. The van der Waals surface area contributed by atoms with Crippen LogP contribution in [0.3, 0.4) is 0 Å². The van der Waals surface area contributed by atoms with Crippen LogP contribution in [0.15, 0.2) is 24.3 Å². The Morgan fingerprint density at radius 3 is 2.38 bits per heavy atom. The van der Waals surface area contributed by atoms with E-state index in [0.29, 0.717) is 52.1 Å². The van der Waals surface area contributed by atoms with Gasteiger partial charge in [-0.1, -0.05) is 12.1 Å². The van der Waals surface area contributed by atoms with E-state index in [2.05, 4.69) is 10.2 Å². The van der Waals surface area contributed by atoms with Crippen LogP contribution in [0.1, 0.15) is 31.2 Å². The molecule has 2 fully saturated rings. The normalized spacial score (nSPS) is 21.0. The van der Waals surface area contributed by atoms with Crippen molar-refractivity contribution < 1.29 is 18.8 Å². The average Bonchev–Trinajstić information content (AvgIpc) is 2.73. The first-order chi connectivity index (χ1) is 13.9. The van der Waals surface area contributed by atoms with E-state index in [1.54, 1.807) is 17.0 Å². The number of likely N-dealkylation sites (tertiary alicyclic amines) is 2. The van der Waals surface area contributed by atoms with Crippen LogP contribution in [0.25, 0.3) is 0 Å². The largest absolute Gasteiger partial charge is 0.369 e. The molecule has 0 aliphatic carbocycles. The second kappa shape index (κ2) is 9.82. The number of piperidine rings is 2. The predicted molar refractivity (Wildman–Crippen MR) is 106 cm³/mol. The summed E-state index contributed by atoms with van der Waals surface area (Å²) in [6.45, 7) is 3.16. The molecule has 2 aliphatic heterocycles. The summed E-state index contributed by atoms with van der Waals surface area (Å²) in [5.41, 5.74) is 6.24. The van der Waals surface area contributed by atoms with Crippen molar-refractivity contribution in [1.29, 1.82) is 0 Å². The van der Waals surface area contributed by atoms with E-state index in [-0.39, 0.29) is 35.4 Å². The van der Waals surface area contributed by atoms with Gasteiger partial charge >= 0.3 is 0 Å². The molecule has 1 unspecified atom stereocenters. The number of benzene rings is 1. The van der Waals surface area contributed by atoms with E-state index < -0.39 is 0 Å². The Kier molecular flexibility index (Phi) is 7.19. The second-order valence-corrected chi connectivity index (χ2v) is 7.98. The molecule has 0 radical (unpaired) electrons. The Labute approximate surface area is 170 Å². The molecule has 8 heteroatoms. The Morgan fingerprint density at radius 1 is 1.03 bits per heavy atom. The summed E-state index contributed by atoms with van der Waals surface area (Å²) in [5.74, 6) is -0.929. The highest BCUT2D eigenvalue weighted by Crippen LogP contribution is 2.19. The number of carbonyl (C=O) groups excluding carboxylic acids is 3. The average molecular weight is 404 g/mol. The van der Waals surface area contributed by atoms with E-state index >= 15 is 0 Å². The topological polar surface area (TPSA) is 95.7 Å². The third-order valence-electron chi connectivity index (χ3n) is 5.87. The maximum absolute atomic E-state index is 12.9. The quantitative estimate of drug-likeness (QED) is 0.736. The van der Waals surface area contributed by atoms with Gasteiger partial charge < -0.3 is 16.0 Å². The SMILES string of the molecule is NC(=O)C1CCCN(C(=O)CN2CCC(C(=O)NCc3ccc(F)cc3)CC2)C1. The van der Waals surface area contributed by atoms with Gasteiger partial charge in [-0.25, -0.2) is 4.39 Å². The van der Waals surface area contributed by atoms with Crippen molar-refractivity contribution in [2.24, 2.45) is 17.6 Å². The molecule has 3 amide bonds. The molecule has 2 heterocycles. The van der Waals surface area contributed by atoms with Crippen LogP contribution in [0, 0.1) is 17.7 Å². The van der Waals surface area contributed by atoms with Crippen molar-refractivity contribution in [3.63, 3.8) is 0 Å². The summed E-state index contributed by atoms with van der Waals surface area (Å²) in [5, 5.41) is 2.91. The van der Waals surface area contributed by atoms with Crippen molar-refractivity contribution in [3.05, 3.63) is 35.6 Å². The molecule has 158 valence electrons. The number of hydrogen-bond donors (Lipinski definition) is 2. The third-order valence-corrected chi connectivity index (χ3v) is 5.87. The van der Waals surface area contributed by atoms with Gasteiger partial charge in [-0.05, 0) is 56.5 Å². The molecule has 0 spiro atoms. The van der Waals surface area contributed by atoms with Crippen molar-refractivity contribution >= 4 is 17.7 Å². The van der Waals surface area contributed by atoms with Crippen LogP contribution in [0.4, 0.5) is 4.39 Å². The summed E-state index contributed by atoms with van der Waals surface area (Å²) in [7, 11) is 0. The minimum absolute atomic E-state index is 0.000585. The lowest BCUT2D eigenvalue weighted by molar-refractivity contribution is -0.136. The smallest absolute Gasteiger partial charge is 0.236 e. The number of rotatable bonds is 6. The van der Waals surface area contributed by atoms with E-state index in [1.807, 2.05) is 0 Å². The van der Waals surface area contributed by atoms with E-state index in [0.717, 1.165) is 18.4 Å². The van der Waals surface area contributed by atoms with Gasteiger partial charge in [0.05, 0.1) is 12.5 Å². The van der Waals surface area contributed by atoms with Gasteiger partial charge in [-0.15, -0.1) is 0 Å². The van der Waals surface area contributed by atoms with Crippen LogP contribution in [0.2, 0.25) is 0 Å². The number of amides is 3. The summed E-state index contributed by atoms with van der Waals surface area (Å²) in [6, 6.07) is 6.08. The Hall–Kier alpha value is -2.48. The Bertz CT molecular complexity index is 732. The zero-order valence-corrected chi connectivity index (χ0v) is 16.6. The maximum Gasteiger partial charge on any atom is 0.236 e. The molecule has 2 aliphatic rings. The molecule has 0 bridgehead atoms. The van der Waals surface area contributed by atoms with Gasteiger partial charge in [0.25, 0.3) is 0 Å². The molecule has 29 heavy (non-hydrogen) atoms. The fraction of sp³-hybridized carbons (Fsp3) is 0.571. The van der Waals surface area contributed by atoms with Crippen LogP contribution in [-0.2, 0) is 20.9 Å². The molecule has 0 aromatic heterocycles. The number of nitrogens with zero attached hydrogens (tertiary/aromatic N) is 2. The van der Waals surface area contributed by atoms with E-state index in [4.69, 9.17) is 5.73 Å². The lowest BCUT2D eigenvalue weighted by Gasteiger charge is -2.35. The number of nitrogens with two attached hydrogens (primary N) is 1. The van der Waals surface area contributed by atoms with Gasteiger partial charge in [-0.2, -0.15) is 0 Å². The number of primary amides is 1. The van der Waals surface area contributed by atoms with Crippen LogP contribution in [0.5, 0.6) is 0 Å². The molecular weight excluding hydrogens is 375 g/mol. The van der Waals surface area contributed by atoms with Crippen molar-refractivity contribution in [3.8, 4) is 0 Å². The molecule has 7 nitrogen and oxygen atoms in total. The van der Waals surface area contributed by atoms with Crippen LogP contribution >= 0.6 is 0 Å². The first-order valence-corrected chi connectivity index (χ1v) is 10.2. The van der Waals surface area contributed by atoms with E-state index in [9.17, 15) is 18.8 Å². The van der Waals surface area contributed by atoms with Gasteiger partial charge in [0.2, 0.25) is 17.7 Å². The molecule has 3 rings (SSSR count). The van der Waals surface area contributed by atoms with Gasteiger partial charge in [-0.3, -0.25) is 19.3 Å². The fourth-order valence-electron chi connectivity index (χ4n) is 4.02. The first kappa shape index (κ1) is 21.2. The second-order valence-electron chi connectivity index (χ2n) is 7.98. The lowest BCUT2D eigenvalue weighted by atomic mass is 9.95. The zero-order valence-electron chi connectivity index (χ0n) is 16.6. The lowest BCUT2D eigenvalue weighted by Crippen LogP contribution is -2.49. The first-order valence-electron chi connectivity index (χ1n) is 10.2. The van der Waals surface area contributed by atoms with Crippen LogP contribution in [-0.4, -0.2) is 60.2 Å². The molecular formula is C21H29FN4O3. The fourth-order valence-corrected chi connectivity index (χ4v) is 4.02. The molecule has 1 atom stereocenters. The number of halogens is 1. The summed E-state index contributed by atoms with van der Waals surface area (Å²) >= 11 is 0. The zero-order chi connectivity index (χ0) is 20.8. The molecule has 1 aromatic rings. The van der Waals surface area contributed by atoms with Gasteiger partial charge in [0.15, 0.2) is 0 Å². The third kappa shape index (κ3) is 6.00. The standard InChI is InChI=1S/C21H29FN4O3/c22-18-5-3-15(4-6-18)12-24-21(29)16-7-10-25(11-8-16)14-19(27)26-9-1-2-17(13-26)20(23)28/h3-6,16-17H,1-2,7-14H2,(H2,23,28)(H,24,29). The van der Waals surface area contributed by atoms with Crippen molar-refractivity contribution in [2.45, 2.75) is 32.2 Å². The van der Waals surface area contributed by atoms with Crippen LogP contribution < -0.4 is 11.1 Å². The summed E-state index contributed by atoms with van der Waals surface area (Å²) < 4.78 is 12.9. The highest BCUT2D eigenvalue weighted by atomic mass is 19.1. The number of hydrogen-bond acceptors (Lipinski definition) is 4. The molecule has 0 saturated carbocycles. The Morgan fingerprint density at radius 2 is 1.72 bits per heavy atom. The maximum atomic E-state index is 12.9. The molecule has 2 saturated heterocycles. The number of nitrogens with one attached hydrogen (secondary N) is 1. The minimum atomic E-state index is -0.338. The molecule has 1 aromatic carbocycles. The monoisotopic (exact) mass is 404 g/mol. The summed E-state index contributed by atoms with van der Waals surface area (Å²) in [6.07, 6.45) is 2.95. The van der Waals surface area contributed by atoms with Gasteiger partial charge in [0, 0.05) is 25.6 Å². The minimum Gasteiger partial charge on any atom is -0.369 e. The van der Waals surface area contributed by atoms with E-state index in [1.165, 1.54) is 12.1 Å².